The number of rotatable bonds is 5. The van der Waals surface area contributed by atoms with Crippen LogP contribution in [0.15, 0.2) is 12.3 Å². The molecule has 0 saturated carbocycles. The molecule has 0 fully saturated rings. The molecule has 0 saturated heterocycles. The normalized spacial score (nSPS) is 10.8. The molecule has 0 rings (SSSR count). The van der Waals surface area contributed by atoms with Crippen LogP contribution >= 0.6 is 7.60 Å². The molecule has 0 aliphatic heterocycles. The summed E-state index contributed by atoms with van der Waals surface area (Å²) in [6, 6.07) is 0. The van der Waals surface area contributed by atoms with E-state index in [-0.39, 0.29) is 25.1 Å². The Hall–Kier alpha value is -0.660. The van der Waals surface area contributed by atoms with Gasteiger partial charge in [-0.3, -0.25) is 4.57 Å². The molecule has 0 bridgehead atoms. The van der Waals surface area contributed by atoms with Gasteiger partial charge in [-0.2, -0.15) is 0 Å². The van der Waals surface area contributed by atoms with Crippen LogP contribution in [0.3, 0.4) is 0 Å². The third-order valence-electron chi connectivity index (χ3n) is 0.954. The highest BCUT2D eigenvalue weighted by Crippen LogP contribution is 2.33. The van der Waals surface area contributed by atoms with Crippen LogP contribution in [0.25, 0.3) is 4.85 Å². The minimum absolute atomic E-state index is 0.0312. The van der Waals surface area contributed by atoms with Gasteiger partial charge in [0, 0.05) is 0 Å². The molecule has 0 aliphatic carbocycles. The van der Waals surface area contributed by atoms with E-state index in [1.165, 1.54) is 0 Å². The molecular weight excluding hydrogens is 181 g/mol. The predicted molar refractivity (Wildman–Crippen MR) is 43.5 cm³/mol. The summed E-state index contributed by atoms with van der Waals surface area (Å²) in [5, 5.41) is 0. The lowest BCUT2D eigenvalue weighted by atomic mass is 10.5. The van der Waals surface area contributed by atoms with E-state index in [2.05, 4.69) is 11.4 Å². The van der Waals surface area contributed by atoms with Crippen LogP contribution in [0.4, 0.5) is 0 Å². The molecule has 0 aromatic rings. The summed E-state index contributed by atoms with van der Waals surface area (Å²) in [6.45, 7) is 9.77. The van der Waals surface area contributed by atoms with E-state index in [4.69, 9.17) is 21.1 Å². The topological polar surface area (TPSA) is 71.1 Å². The molecule has 0 atom stereocenters. The SMILES string of the molecule is [C-]#[N+]C(=C)COCCP(=O)(O)O. The summed E-state index contributed by atoms with van der Waals surface area (Å²) in [4.78, 5) is 19.7. The van der Waals surface area contributed by atoms with Gasteiger partial charge in [0.1, 0.15) is 0 Å². The van der Waals surface area contributed by atoms with Crippen molar-refractivity contribution in [2.24, 2.45) is 0 Å². The van der Waals surface area contributed by atoms with E-state index in [0.29, 0.717) is 0 Å². The maximum absolute atomic E-state index is 10.3. The second-order valence-corrected chi connectivity index (χ2v) is 3.90. The van der Waals surface area contributed by atoms with E-state index in [1.807, 2.05) is 0 Å². The summed E-state index contributed by atoms with van der Waals surface area (Å²) in [7, 11) is -3.97. The highest BCUT2D eigenvalue weighted by Gasteiger charge is 2.11. The summed E-state index contributed by atoms with van der Waals surface area (Å²) in [5.74, 6) is 0. The van der Waals surface area contributed by atoms with Crippen LogP contribution in [0.2, 0.25) is 0 Å². The van der Waals surface area contributed by atoms with Crippen molar-refractivity contribution in [3.05, 3.63) is 23.7 Å². The predicted octanol–water partition coefficient (Wildman–Crippen LogP) is 0.614. The summed E-state index contributed by atoms with van der Waals surface area (Å²) < 4.78 is 15.0. The van der Waals surface area contributed by atoms with Gasteiger partial charge < -0.3 is 14.5 Å². The molecule has 0 unspecified atom stereocenters. The average molecular weight is 191 g/mol. The fourth-order valence-electron chi connectivity index (χ4n) is 0.406. The minimum atomic E-state index is -3.97. The molecular formula is C6H10NO4P. The zero-order chi connectivity index (χ0) is 9.61. The van der Waals surface area contributed by atoms with Gasteiger partial charge in [0.2, 0.25) is 0 Å². The molecule has 2 N–H and O–H groups in total. The lowest BCUT2D eigenvalue weighted by molar-refractivity contribution is 0.170. The van der Waals surface area contributed by atoms with Gasteiger partial charge in [-0.05, 0) is 0 Å². The van der Waals surface area contributed by atoms with Gasteiger partial charge in [0.25, 0.3) is 0 Å². The van der Waals surface area contributed by atoms with Crippen LogP contribution in [0.5, 0.6) is 0 Å². The van der Waals surface area contributed by atoms with Crippen molar-refractivity contribution in [3.8, 4) is 0 Å². The van der Waals surface area contributed by atoms with Crippen molar-refractivity contribution in [1.82, 2.24) is 0 Å². The molecule has 0 radical (unpaired) electrons. The second kappa shape index (κ2) is 5.07. The van der Waals surface area contributed by atoms with Gasteiger partial charge in [0.05, 0.1) is 25.9 Å². The first-order valence-electron chi connectivity index (χ1n) is 3.13. The Bertz CT molecular complexity index is 238. The molecule has 0 heterocycles. The second-order valence-electron chi connectivity index (χ2n) is 2.12. The van der Waals surface area contributed by atoms with Crippen molar-refractivity contribution >= 4 is 7.60 Å². The average Bonchev–Trinajstić information content (AvgIpc) is 1.96. The largest absolute Gasteiger partial charge is 0.387 e. The van der Waals surface area contributed by atoms with E-state index in [0.717, 1.165) is 0 Å². The van der Waals surface area contributed by atoms with Crippen LogP contribution < -0.4 is 0 Å². The van der Waals surface area contributed by atoms with Gasteiger partial charge in [-0.25, -0.2) is 4.85 Å². The van der Waals surface area contributed by atoms with Gasteiger partial charge in [-0.15, -0.1) is 0 Å². The fourth-order valence-corrected chi connectivity index (χ4v) is 0.773. The van der Waals surface area contributed by atoms with Crippen LogP contribution in [0.1, 0.15) is 0 Å². The zero-order valence-electron chi connectivity index (χ0n) is 6.43. The third-order valence-corrected chi connectivity index (χ3v) is 1.72. The van der Waals surface area contributed by atoms with Crippen LogP contribution in [-0.4, -0.2) is 29.2 Å². The smallest absolute Gasteiger partial charge is 0.327 e. The maximum atomic E-state index is 10.3. The van der Waals surface area contributed by atoms with Crippen molar-refractivity contribution in [1.29, 1.82) is 0 Å². The molecule has 5 nitrogen and oxygen atoms in total. The van der Waals surface area contributed by atoms with Gasteiger partial charge in [-0.1, -0.05) is 6.58 Å². The van der Waals surface area contributed by atoms with Gasteiger partial charge in [0.15, 0.2) is 5.70 Å². The maximum Gasteiger partial charge on any atom is 0.327 e. The zero-order valence-corrected chi connectivity index (χ0v) is 7.33. The summed E-state index contributed by atoms with van der Waals surface area (Å²) in [5.41, 5.74) is 0.223. The molecule has 0 aromatic heterocycles. The van der Waals surface area contributed by atoms with Crippen LogP contribution in [-0.2, 0) is 9.30 Å². The monoisotopic (exact) mass is 191 g/mol. The van der Waals surface area contributed by atoms with Crippen molar-refractivity contribution in [2.45, 2.75) is 0 Å². The third kappa shape index (κ3) is 7.45. The lowest BCUT2D eigenvalue weighted by Gasteiger charge is -2.03. The molecule has 12 heavy (non-hydrogen) atoms. The molecule has 0 spiro atoms. The first kappa shape index (κ1) is 11.3. The Morgan fingerprint density at radius 2 is 2.25 bits per heavy atom. The summed E-state index contributed by atoms with van der Waals surface area (Å²) in [6.07, 6.45) is -0.321. The fraction of sp³-hybridized carbons (Fsp3) is 0.500. The molecule has 68 valence electrons. The molecule has 0 aromatic carbocycles. The molecule has 0 amide bonds. The molecule has 6 heteroatoms. The Labute approximate surface area is 70.6 Å². The van der Waals surface area contributed by atoms with Crippen molar-refractivity contribution in [3.63, 3.8) is 0 Å². The molecule has 0 aliphatic rings. The van der Waals surface area contributed by atoms with E-state index >= 15 is 0 Å². The Morgan fingerprint density at radius 1 is 1.67 bits per heavy atom. The van der Waals surface area contributed by atoms with Crippen LogP contribution in [0, 0.1) is 6.57 Å². The number of hydrogen-bond acceptors (Lipinski definition) is 2. The number of nitrogens with zero attached hydrogens (tertiary/aromatic N) is 1. The quantitative estimate of drug-likeness (QED) is 0.379. The Morgan fingerprint density at radius 3 is 2.67 bits per heavy atom. The first-order valence-corrected chi connectivity index (χ1v) is 4.93. The highest BCUT2D eigenvalue weighted by atomic mass is 31.2. The summed E-state index contributed by atoms with van der Waals surface area (Å²) >= 11 is 0. The number of hydrogen-bond donors (Lipinski definition) is 2. The van der Waals surface area contributed by atoms with E-state index in [1.54, 1.807) is 0 Å². The highest BCUT2D eigenvalue weighted by molar-refractivity contribution is 7.51. The standard InChI is InChI=1S/C6H10NO4P/c1-6(7-2)5-11-3-4-12(8,9)10/h1,3-5H2,(H2,8,9,10). The Balaban J connectivity index is 3.42. The lowest BCUT2D eigenvalue weighted by Crippen LogP contribution is -2.02. The van der Waals surface area contributed by atoms with Crippen molar-refractivity contribution in [2.75, 3.05) is 19.4 Å². The van der Waals surface area contributed by atoms with E-state index < -0.39 is 7.60 Å². The van der Waals surface area contributed by atoms with Crippen molar-refractivity contribution < 1.29 is 19.1 Å². The minimum Gasteiger partial charge on any atom is -0.387 e. The van der Waals surface area contributed by atoms with Gasteiger partial charge >= 0.3 is 7.60 Å². The Kier molecular flexibility index (Phi) is 4.79. The first-order chi connectivity index (χ1) is 5.45. The van der Waals surface area contributed by atoms with E-state index in [9.17, 15) is 4.57 Å². The number of ether oxygens (including phenoxy) is 1.